The van der Waals surface area contributed by atoms with Gasteiger partial charge < -0.3 is 23.9 Å². The Labute approximate surface area is 171 Å². The van der Waals surface area contributed by atoms with E-state index in [4.69, 9.17) is 13.9 Å². The van der Waals surface area contributed by atoms with Crippen LogP contribution in [0.4, 0.5) is 5.69 Å². The molecule has 1 atom stereocenters. The van der Waals surface area contributed by atoms with Crippen molar-refractivity contribution in [3.63, 3.8) is 0 Å². The number of phenols is 1. The fraction of sp³-hybridized carbons (Fsp3) is 0.300. The number of non-ortho nitro benzene ring substituents is 1. The molecule has 0 saturated carbocycles. The van der Waals surface area contributed by atoms with Gasteiger partial charge in [-0.3, -0.25) is 10.1 Å². The van der Waals surface area contributed by atoms with Crippen molar-refractivity contribution >= 4 is 5.69 Å². The first-order valence-corrected chi connectivity index (χ1v) is 9.44. The molecule has 2 N–H and O–H groups in total. The van der Waals surface area contributed by atoms with E-state index in [1.165, 1.54) is 12.1 Å². The molecular weight excluding hydrogens is 392 g/mol. The number of ether oxygens (including phenoxy) is 2. The minimum atomic E-state index is -0.469. The van der Waals surface area contributed by atoms with Gasteiger partial charge in [-0.05, 0) is 26.0 Å². The van der Waals surface area contributed by atoms with Gasteiger partial charge in [-0.1, -0.05) is 6.07 Å². The van der Waals surface area contributed by atoms with E-state index in [1.54, 1.807) is 24.3 Å². The number of aromatic hydroxyl groups is 1. The molecule has 4 rings (SSSR count). The van der Waals surface area contributed by atoms with Crippen LogP contribution in [0.2, 0.25) is 0 Å². The van der Waals surface area contributed by atoms with Crippen LogP contribution < -0.4 is 14.4 Å². The second-order valence-corrected chi connectivity index (χ2v) is 7.31. The fourth-order valence-electron chi connectivity index (χ4n) is 3.22. The minimum Gasteiger partial charge on any atom is -0.507 e. The Morgan fingerprint density at radius 3 is 2.67 bits per heavy atom. The number of nitrogens with one attached hydrogen (secondary N) is 1. The molecule has 1 unspecified atom stereocenters. The van der Waals surface area contributed by atoms with Crippen molar-refractivity contribution in [1.29, 1.82) is 0 Å². The number of rotatable bonds is 7. The van der Waals surface area contributed by atoms with Crippen LogP contribution in [0, 0.1) is 10.1 Å². The summed E-state index contributed by atoms with van der Waals surface area (Å²) in [7, 11) is 0. The number of nitro groups is 1. The predicted octanol–water partition coefficient (Wildman–Crippen LogP) is 2.07. The molecule has 2 heterocycles. The molecule has 3 aromatic rings. The molecule has 1 aliphatic heterocycles. The van der Waals surface area contributed by atoms with Gasteiger partial charge in [0.2, 0.25) is 12.7 Å². The van der Waals surface area contributed by atoms with Gasteiger partial charge in [0.05, 0.1) is 16.5 Å². The van der Waals surface area contributed by atoms with E-state index in [0.717, 1.165) is 10.5 Å². The maximum absolute atomic E-state index is 11.0. The Morgan fingerprint density at radius 1 is 1.17 bits per heavy atom. The SMILES string of the molecule is CC(C)[NH+](Cc1nnc(-c2cccc([N+](=O)[O-])c2)o1)Cc1cc2c(cc1O)OCO2. The van der Waals surface area contributed by atoms with Crippen molar-refractivity contribution in [3.05, 3.63) is 58.0 Å². The van der Waals surface area contributed by atoms with Crippen LogP contribution in [0.5, 0.6) is 17.2 Å². The Hall–Kier alpha value is -3.66. The van der Waals surface area contributed by atoms with E-state index in [-0.39, 0.29) is 30.2 Å². The molecule has 0 aliphatic carbocycles. The van der Waals surface area contributed by atoms with E-state index >= 15 is 0 Å². The summed E-state index contributed by atoms with van der Waals surface area (Å²) in [6.07, 6.45) is 0. The highest BCUT2D eigenvalue weighted by Crippen LogP contribution is 2.37. The summed E-state index contributed by atoms with van der Waals surface area (Å²) in [5, 5.41) is 29.4. The predicted molar refractivity (Wildman–Crippen MR) is 104 cm³/mol. The van der Waals surface area contributed by atoms with E-state index in [2.05, 4.69) is 24.0 Å². The van der Waals surface area contributed by atoms with Crippen LogP contribution in [-0.4, -0.2) is 33.1 Å². The lowest BCUT2D eigenvalue weighted by Gasteiger charge is -2.22. The molecule has 0 fully saturated rings. The first kappa shape index (κ1) is 19.6. The first-order chi connectivity index (χ1) is 14.4. The van der Waals surface area contributed by atoms with Gasteiger partial charge in [-0.2, -0.15) is 0 Å². The largest absolute Gasteiger partial charge is 0.507 e. The van der Waals surface area contributed by atoms with Gasteiger partial charge in [0.1, 0.15) is 12.3 Å². The number of hydrogen-bond donors (Lipinski definition) is 2. The molecule has 30 heavy (non-hydrogen) atoms. The summed E-state index contributed by atoms with van der Waals surface area (Å²) in [6.45, 7) is 5.18. The Kier molecular flexibility index (Phi) is 5.23. The Bertz CT molecular complexity index is 1080. The minimum absolute atomic E-state index is 0.0417. The number of quaternary nitrogens is 1. The summed E-state index contributed by atoms with van der Waals surface area (Å²) in [6, 6.07) is 9.60. The molecule has 0 spiro atoms. The standard InChI is InChI=1S/C20H20N4O6/c1-12(2)23(9-14-7-17-18(8-16(14)25)29-11-28-17)10-19-21-22-20(30-19)13-4-3-5-15(6-13)24(26)27/h3-8,12,25H,9-11H2,1-2H3/p+1. The number of fused-ring (bicyclic) bond motifs is 1. The highest BCUT2D eigenvalue weighted by molar-refractivity contribution is 5.57. The number of nitro benzene ring substituents is 1. The van der Waals surface area contributed by atoms with Gasteiger partial charge in [-0.15, -0.1) is 10.2 Å². The summed E-state index contributed by atoms with van der Waals surface area (Å²) >= 11 is 0. The van der Waals surface area contributed by atoms with E-state index < -0.39 is 4.92 Å². The molecule has 1 aromatic heterocycles. The smallest absolute Gasteiger partial charge is 0.271 e. The van der Waals surface area contributed by atoms with E-state index in [1.807, 2.05) is 0 Å². The zero-order valence-electron chi connectivity index (χ0n) is 16.5. The fourth-order valence-corrected chi connectivity index (χ4v) is 3.22. The summed E-state index contributed by atoms with van der Waals surface area (Å²) in [5.41, 5.74) is 1.17. The van der Waals surface area contributed by atoms with Crippen molar-refractivity contribution in [3.8, 4) is 28.7 Å². The topological polar surface area (TPSA) is 125 Å². The van der Waals surface area contributed by atoms with Crippen LogP contribution in [-0.2, 0) is 13.1 Å². The van der Waals surface area contributed by atoms with Gasteiger partial charge in [0.25, 0.3) is 11.6 Å². The van der Waals surface area contributed by atoms with E-state index in [9.17, 15) is 15.2 Å². The van der Waals surface area contributed by atoms with Gasteiger partial charge >= 0.3 is 0 Å². The lowest BCUT2D eigenvalue weighted by molar-refractivity contribution is -0.949. The summed E-state index contributed by atoms with van der Waals surface area (Å²) in [5.74, 6) is 1.90. The van der Waals surface area contributed by atoms with Crippen LogP contribution in [0.25, 0.3) is 11.5 Å². The van der Waals surface area contributed by atoms with Crippen LogP contribution in [0.15, 0.2) is 40.8 Å². The lowest BCUT2D eigenvalue weighted by atomic mass is 10.1. The van der Waals surface area contributed by atoms with Crippen LogP contribution >= 0.6 is 0 Å². The van der Waals surface area contributed by atoms with E-state index in [0.29, 0.717) is 36.0 Å². The zero-order chi connectivity index (χ0) is 21.3. The maximum Gasteiger partial charge on any atom is 0.271 e. The average molecular weight is 413 g/mol. The second kappa shape index (κ2) is 7.99. The van der Waals surface area contributed by atoms with Crippen LogP contribution in [0.1, 0.15) is 25.3 Å². The molecule has 0 radical (unpaired) electrons. The molecule has 2 aromatic carbocycles. The van der Waals surface area contributed by atoms with Crippen LogP contribution in [0.3, 0.4) is 0 Å². The number of hydrogen-bond acceptors (Lipinski definition) is 8. The number of nitrogens with zero attached hydrogens (tertiary/aromatic N) is 3. The van der Waals surface area contributed by atoms with Crippen molar-refractivity contribution in [1.82, 2.24) is 10.2 Å². The number of phenolic OH excluding ortho intramolecular Hbond substituents is 1. The molecule has 156 valence electrons. The third-order valence-electron chi connectivity index (χ3n) is 4.96. The molecule has 1 aliphatic rings. The first-order valence-electron chi connectivity index (χ1n) is 9.44. The summed E-state index contributed by atoms with van der Waals surface area (Å²) in [4.78, 5) is 11.6. The Balaban J connectivity index is 1.52. The average Bonchev–Trinajstić information content (AvgIpc) is 3.36. The molecule has 0 saturated heterocycles. The van der Waals surface area contributed by atoms with Gasteiger partial charge in [0, 0.05) is 23.8 Å². The van der Waals surface area contributed by atoms with Crippen molar-refractivity contribution in [2.45, 2.75) is 33.0 Å². The third kappa shape index (κ3) is 4.03. The summed E-state index contributed by atoms with van der Waals surface area (Å²) < 4.78 is 16.4. The van der Waals surface area contributed by atoms with Gasteiger partial charge in [0.15, 0.2) is 18.0 Å². The molecule has 10 heteroatoms. The normalized spacial score (nSPS) is 13.6. The molecule has 0 bridgehead atoms. The molecule has 0 amide bonds. The highest BCUT2D eigenvalue weighted by atomic mass is 16.7. The lowest BCUT2D eigenvalue weighted by Crippen LogP contribution is -3.12. The molecule has 10 nitrogen and oxygen atoms in total. The second-order valence-electron chi connectivity index (χ2n) is 7.31. The van der Waals surface area contributed by atoms with Crippen molar-refractivity contribution < 1.29 is 28.8 Å². The quantitative estimate of drug-likeness (QED) is 0.445. The molecular formula is C20H21N4O6+. The van der Waals surface area contributed by atoms with Gasteiger partial charge in [-0.25, -0.2) is 0 Å². The maximum atomic E-state index is 11.0. The van der Waals surface area contributed by atoms with Crippen molar-refractivity contribution in [2.24, 2.45) is 0 Å². The van der Waals surface area contributed by atoms with Crippen molar-refractivity contribution in [2.75, 3.05) is 6.79 Å². The zero-order valence-corrected chi connectivity index (χ0v) is 16.5. The Morgan fingerprint density at radius 2 is 1.93 bits per heavy atom. The monoisotopic (exact) mass is 413 g/mol. The number of benzene rings is 2. The highest BCUT2D eigenvalue weighted by Gasteiger charge is 2.24. The third-order valence-corrected chi connectivity index (χ3v) is 4.96. The number of aromatic nitrogens is 2.